The Morgan fingerprint density at radius 3 is 1.42 bits per heavy atom. The second-order valence-electron chi connectivity index (χ2n) is 6.38. The number of esters is 1. The molecule has 0 aliphatic rings. The normalized spacial score (nSPS) is 13.1. The van der Waals surface area contributed by atoms with Crippen molar-refractivity contribution in [2.45, 2.75) is 95.5 Å². The molecule has 0 rings (SSSR count). The van der Waals surface area contributed by atoms with Gasteiger partial charge >= 0.3 is 23.9 Å². The van der Waals surface area contributed by atoms with Gasteiger partial charge in [-0.25, -0.2) is 4.79 Å². The fraction of sp³-hybridized carbons (Fsp3) is 0.941. The van der Waals surface area contributed by atoms with E-state index in [4.69, 9.17) is 5.11 Å². The average Bonchev–Trinajstić information content (AvgIpc) is 2.52. The van der Waals surface area contributed by atoms with Gasteiger partial charge in [-0.05, 0) is 6.42 Å². The number of hydrogen-bond donors (Lipinski definition) is 1. The van der Waals surface area contributed by atoms with Crippen LogP contribution in [0.5, 0.6) is 0 Å². The third-order valence-corrected chi connectivity index (χ3v) is 4.10. The van der Waals surface area contributed by atoms with Crippen LogP contribution in [-0.4, -0.2) is 35.6 Å². The Balaban J connectivity index is 3.92. The Labute approximate surface area is 150 Å². The summed E-state index contributed by atoms with van der Waals surface area (Å²) < 4.78 is 78.6. The molecule has 0 saturated carbocycles. The van der Waals surface area contributed by atoms with Crippen molar-refractivity contribution in [3.63, 3.8) is 0 Å². The quantitative estimate of drug-likeness (QED) is 0.248. The highest BCUT2D eigenvalue weighted by Crippen LogP contribution is 2.43. The van der Waals surface area contributed by atoms with Crippen LogP contribution in [0.15, 0.2) is 0 Å². The van der Waals surface area contributed by atoms with Gasteiger partial charge in [0.25, 0.3) is 0 Å². The number of rotatable bonds is 13. The first-order valence-corrected chi connectivity index (χ1v) is 9.01. The van der Waals surface area contributed by atoms with E-state index in [2.05, 4.69) is 11.7 Å². The zero-order valence-corrected chi connectivity index (χ0v) is 15.0. The molecule has 0 amide bonds. The molecule has 0 spiro atoms. The lowest BCUT2D eigenvalue weighted by Crippen LogP contribution is -2.63. The first-order chi connectivity index (χ1) is 12.0. The molecule has 0 heterocycles. The highest BCUT2D eigenvalue weighted by atomic mass is 19.4. The predicted molar refractivity (Wildman–Crippen MR) is 84.5 cm³/mol. The SMILES string of the molecule is CCCCCCCCCCCCCOC(=O)C(O)(C(F)(F)F)C(F)(F)F. The zero-order chi connectivity index (χ0) is 20.3. The lowest BCUT2D eigenvalue weighted by molar-refractivity contribution is -0.356. The number of ether oxygens (including phenoxy) is 1. The van der Waals surface area contributed by atoms with E-state index in [0.29, 0.717) is 6.42 Å². The Morgan fingerprint density at radius 1 is 0.731 bits per heavy atom. The summed E-state index contributed by atoms with van der Waals surface area (Å²) in [6, 6.07) is 0. The van der Waals surface area contributed by atoms with Gasteiger partial charge < -0.3 is 9.84 Å². The molecule has 0 aromatic heterocycles. The zero-order valence-electron chi connectivity index (χ0n) is 15.0. The monoisotopic (exact) mass is 394 g/mol. The van der Waals surface area contributed by atoms with Crippen molar-refractivity contribution in [3.05, 3.63) is 0 Å². The van der Waals surface area contributed by atoms with Crippen molar-refractivity contribution in [3.8, 4) is 0 Å². The number of carbonyl (C=O) groups is 1. The molecule has 0 bridgehead atoms. The summed E-state index contributed by atoms with van der Waals surface area (Å²) in [5.74, 6) is -2.73. The highest BCUT2D eigenvalue weighted by molar-refractivity contribution is 5.81. The van der Waals surface area contributed by atoms with Crippen LogP contribution in [0.3, 0.4) is 0 Å². The van der Waals surface area contributed by atoms with Gasteiger partial charge in [-0.15, -0.1) is 0 Å². The summed E-state index contributed by atoms with van der Waals surface area (Å²) in [6.07, 6.45) is -1.92. The molecule has 0 fully saturated rings. The Kier molecular flexibility index (Phi) is 11.2. The van der Waals surface area contributed by atoms with Crippen LogP contribution in [0, 0.1) is 0 Å². The Bertz CT molecular complexity index is 379. The summed E-state index contributed by atoms with van der Waals surface area (Å²) in [5, 5.41) is 8.81. The second-order valence-corrected chi connectivity index (χ2v) is 6.38. The van der Waals surface area contributed by atoms with Gasteiger partial charge in [0.05, 0.1) is 6.61 Å². The molecule has 0 atom stereocenters. The van der Waals surface area contributed by atoms with Gasteiger partial charge in [-0.3, -0.25) is 0 Å². The molecule has 0 radical (unpaired) electrons. The van der Waals surface area contributed by atoms with E-state index in [1.165, 1.54) is 25.7 Å². The minimum Gasteiger partial charge on any atom is -0.463 e. The van der Waals surface area contributed by atoms with Crippen molar-refractivity contribution in [1.29, 1.82) is 0 Å². The summed E-state index contributed by atoms with van der Waals surface area (Å²) in [5.41, 5.74) is -5.49. The number of unbranched alkanes of at least 4 members (excludes halogenated alkanes) is 10. The van der Waals surface area contributed by atoms with E-state index in [1.54, 1.807) is 0 Å². The van der Waals surface area contributed by atoms with E-state index in [1.807, 2.05) is 0 Å². The van der Waals surface area contributed by atoms with Crippen molar-refractivity contribution in [2.24, 2.45) is 0 Å². The van der Waals surface area contributed by atoms with Crippen molar-refractivity contribution >= 4 is 5.97 Å². The maximum atomic E-state index is 12.4. The van der Waals surface area contributed by atoms with Gasteiger partial charge in [0, 0.05) is 0 Å². The summed E-state index contributed by atoms with van der Waals surface area (Å²) in [4.78, 5) is 11.1. The molecule has 26 heavy (non-hydrogen) atoms. The van der Waals surface area contributed by atoms with Crippen LogP contribution in [0.4, 0.5) is 26.3 Å². The number of carbonyl (C=O) groups excluding carboxylic acids is 1. The van der Waals surface area contributed by atoms with Crippen LogP contribution in [0.1, 0.15) is 77.6 Å². The standard InChI is InChI=1S/C17H28F6O3/c1-2-3-4-5-6-7-8-9-10-11-12-13-26-14(24)15(25,16(18,19)20)17(21,22)23/h25H,2-13H2,1H3. The van der Waals surface area contributed by atoms with Crippen LogP contribution in [-0.2, 0) is 9.53 Å². The van der Waals surface area contributed by atoms with Crippen LogP contribution in [0.25, 0.3) is 0 Å². The van der Waals surface area contributed by atoms with E-state index in [9.17, 15) is 31.1 Å². The first kappa shape index (κ1) is 25.0. The van der Waals surface area contributed by atoms with Gasteiger partial charge in [0.15, 0.2) is 0 Å². The van der Waals surface area contributed by atoms with Crippen molar-refractivity contribution in [1.82, 2.24) is 0 Å². The third kappa shape index (κ3) is 8.14. The number of hydrogen-bond acceptors (Lipinski definition) is 3. The van der Waals surface area contributed by atoms with Gasteiger partial charge in [0.2, 0.25) is 0 Å². The lowest BCUT2D eigenvalue weighted by atomic mass is 10.0. The van der Waals surface area contributed by atoms with Gasteiger partial charge in [-0.2, -0.15) is 26.3 Å². The number of aliphatic hydroxyl groups is 1. The van der Waals surface area contributed by atoms with Crippen LogP contribution in [0.2, 0.25) is 0 Å². The molecule has 0 saturated heterocycles. The molecular formula is C17H28F6O3. The third-order valence-electron chi connectivity index (χ3n) is 4.10. The molecule has 1 N–H and O–H groups in total. The van der Waals surface area contributed by atoms with Gasteiger partial charge in [-0.1, -0.05) is 71.1 Å². The molecule has 9 heteroatoms. The molecule has 0 aromatic rings. The second kappa shape index (κ2) is 11.7. The maximum Gasteiger partial charge on any atom is 0.437 e. The molecule has 156 valence electrons. The van der Waals surface area contributed by atoms with Gasteiger partial charge in [0.1, 0.15) is 0 Å². The number of halogens is 6. The van der Waals surface area contributed by atoms with Crippen LogP contribution >= 0.6 is 0 Å². The van der Waals surface area contributed by atoms with Crippen molar-refractivity contribution < 1.29 is 41.0 Å². The molecule has 0 aliphatic heterocycles. The summed E-state index contributed by atoms with van der Waals surface area (Å²) in [7, 11) is 0. The number of alkyl halides is 6. The molecule has 0 unspecified atom stereocenters. The molecule has 0 aliphatic carbocycles. The van der Waals surface area contributed by atoms with Crippen molar-refractivity contribution in [2.75, 3.05) is 6.61 Å². The van der Waals surface area contributed by atoms with E-state index < -0.39 is 30.5 Å². The fourth-order valence-corrected chi connectivity index (χ4v) is 2.43. The molecule has 0 aromatic carbocycles. The van der Waals surface area contributed by atoms with Crippen LogP contribution < -0.4 is 0 Å². The average molecular weight is 394 g/mol. The fourth-order valence-electron chi connectivity index (χ4n) is 2.43. The maximum absolute atomic E-state index is 12.4. The predicted octanol–water partition coefficient (Wildman–Crippen LogP) is 5.70. The Hall–Kier alpha value is -0.990. The topological polar surface area (TPSA) is 46.5 Å². The summed E-state index contributed by atoms with van der Waals surface area (Å²) >= 11 is 0. The smallest absolute Gasteiger partial charge is 0.437 e. The Morgan fingerprint density at radius 2 is 1.08 bits per heavy atom. The lowest BCUT2D eigenvalue weighted by Gasteiger charge is -2.29. The highest BCUT2D eigenvalue weighted by Gasteiger charge is 2.76. The molecular weight excluding hydrogens is 366 g/mol. The van der Waals surface area contributed by atoms with E-state index in [-0.39, 0.29) is 6.42 Å². The minimum absolute atomic E-state index is 0.147. The summed E-state index contributed by atoms with van der Waals surface area (Å²) in [6.45, 7) is 1.55. The minimum atomic E-state index is -6.19. The van der Waals surface area contributed by atoms with E-state index in [0.717, 1.165) is 32.1 Å². The first-order valence-electron chi connectivity index (χ1n) is 9.01. The molecule has 3 nitrogen and oxygen atoms in total. The van der Waals surface area contributed by atoms with E-state index >= 15 is 0 Å². The largest absolute Gasteiger partial charge is 0.463 e.